The van der Waals surface area contributed by atoms with Crippen LogP contribution in [0.25, 0.3) is 0 Å². The molecule has 0 saturated heterocycles. The van der Waals surface area contributed by atoms with Gasteiger partial charge < -0.3 is 28.5 Å². The number of carbonyl (C=O) groups excluding carboxylic acids is 4. The largest absolute Gasteiger partial charge is 0.466 e. The van der Waals surface area contributed by atoms with Gasteiger partial charge in [-0.2, -0.15) is 0 Å². The van der Waals surface area contributed by atoms with Crippen molar-refractivity contribution >= 4 is 32.2 Å². The summed E-state index contributed by atoms with van der Waals surface area (Å²) in [6.07, 6.45) is -1.33. The molecule has 0 aliphatic rings. The summed E-state index contributed by atoms with van der Waals surface area (Å²) in [5, 5.41) is 10.7. The van der Waals surface area contributed by atoms with Gasteiger partial charge in [0.2, 0.25) is 12.0 Å². The van der Waals surface area contributed by atoms with Gasteiger partial charge in [0.1, 0.15) is 0 Å². The van der Waals surface area contributed by atoms with Crippen LogP contribution in [0.5, 0.6) is 0 Å². The molecule has 0 spiro atoms. The van der Waals surface area contributed by atoms with Crippen LogP contribution in [-0.2, 0) is 42.6 Å². The molecule has 0 saturated carbocycles. The van der Waals surface area contributed by atoms with E-state index in [2.05, 4.69) is 0 Å². The van der Waals surface area contributed by atoms with E-state index >= 15 is 0 Å². The van der Waals surface area contributed by atoms with Crippen molar-refractivity contribution in [3.05, 3.63) is 11.5 Å². The summed E-state index contributed by atoms with van der Waals surface area (Å²) < 4.78 is 26.2. The summed E-state index contributed by atoms with van der Waals surface area (Å²) >= 11 is 0. The van der Waals surface area contributed by atoms with Crippen molar-refractivity contribution in [2.45, 2.75) is 85.4 Å². The number of rotatable bonds is 13. The zero-order valence-corrected chi connectivity index (χ0v) is 20.3. The quantitative estimate of drug-likeness (QED) is 0.143. The second-order valence-electron chi connectivity index (χ2n) is 7.48. The van der Waals surface area contributed by atoms with Crippen molar-refractivity contribution in [3.63, 3.8) is 0 Å². The SMILES string of the molecule is CCCC[Si](C)(C)OC(O)C(OC(C)=O)=C(OC(C)=O)C(CCOC(C)=O)OC(C)=O. The van der Waals surface area contributed by atoms with E-state index in [0.717, 1.165) is 39.7 Å². The smallest absolute Gasteiger partial charge is 0.308 e. The summed E-state index contributed by atoms with van der Waals surface area (Å²) in [5.74, 6) is -3.80. The maximum absolute atomic E-state index is 11.7. The van der Waals surface area contributed by atoms with E-state index in [-0.39, 0.29) is 13.0 Å². The molecule has 31 heavy (non-hydrogen) atoms. The van der Waals surface area contributed by atoms with Crippen molar-refractivity contribution in [2.24, 2.45) is 0 Å². The first-order chi connectivity index (χ1) is 14.3. The van der Waals surface area contributed by atoms with Gasteiger partial charge in [-0.15, -0.1) is 0 Å². The third kappa shape index (κ3) is 12.9. The first kappa shape index (κ1) is 28.8. The van der Waals surface area contributed by atoms with Gasteiger partial charge in [0.15, 0.2) is 20.2 Å². The molecule has 178 valence electrons. The van der Waals surface area contributed by atoms with Crippen molar-refractivity contribution in [1.82, 2.24) is 0 Å². The van der Waals surface area contributed by atoms with E-state index in [4.69, 9.17) is 23.4 Å². The molecule has 0 bridgehead atoms. The number of ether oxygens (including phenoxy) is 4. The van der Waals surface area contributed by atoms with Gasteiger partial charge in [0.25, 0.3) is 0 Å². The molecule has 0 aromatic carbocycles. The summed E-state index contributed by atoms with van der Waals surface area (Å²) in [6, 6.07) is 0.733. The molecular formula is C20H34O10Si. The molecule has 0 aliphatic carbocycles. The molecule has 0 radical (unpaired) electrons. The fourth-order valence-corrected chi connectivity index (χ4v) is 4.61. The number of hydrogen-bond acceptors (Lipinski definition) is 10. The second kappa shape index (κ2) is 13.9. The summed E-state index contributed by atoms with van der Waals surface area (Å²) in [5.41, 5.74) is 0. The Bertz CT molecular complexity index is 671. The first-order valence-electron chi connectivity index (χ1n) is 10.1. The highest BCUT2D eigenvalue weighted by atomic mass is 28.4. The average Bonchev–Trinajstić information content (AvgIpc) is 2.60. The molecular weight excluding hydrogens is 428 g/mol. The van der Waals surface area contributed by atoms with E-state index in [1.54, 1.807) is 0 Å². The average molecular weight is 463 g/mol. The Balaban J connectivity index is 6.20. The number of carbonyl (C=O) groups is 4. The Kier molecular flexibility index (Phi) is 12.9. The minimum absolute atomic E-state index is 0.115. The third-order valence-corrected chi connectivity index (χ3v) is 6.24. The molecule has 11 heteroatoms. The molecule has 1 N–H and O–H groups in total. The van der Waals surface area contributed by atoms with E-state index in [0.29, 0.717) is 0 Å². The molecule has 2 atom stereocenters. The van der Waals surface area contributed by atoms with E-state index < -0.39 is 56.1 Å². The highest BCUT2D eigenvalue weighted by Gasteiger charge is 2.35. The van der Waals surface area contributed by atoms with Gasteiger partial charge in [-0.3, -0.25) is 19.2 Å². The van der Waals surface area contributed by atoms with Gasteiger partial charge in [-0.25, -0.2) is 0 Å². The zero-order valence-electron chi connectivity index (χ0n) is 19.3. The Morgan fingerprint density at radius 3 is 1.87 bits per heavy atom. The van der Waals surface area contributed by atoms with Crippen molar-refractivity contribution in [1.29, 1.82) is 0 Å². The van der Waals surface area contributed by atoms with Crippen LogP contribution in [0.2, 0.25) is 19.1 Å². The second-order valence-corrected chi connectivity index (χ2v) is 11.7. The van der Waals surface area contributed by atoms with Gasteiger partial charge in [0.05, 0.1) is 6.61 Å². The Morgan fingerprint density at radius 2 is 1.42 bits per heavy atom. The van der Waals surface area contributed by atoms with Crippen molar-refractivity contribution in [3.8, 4) is 0 Å². The van der Waals surface area contributed by atoms with Crippen LogP contribution in [0.15, 0.2) is 11.5 Å². The molecule has 0 aliphatic heterocycles. The lowest BCUT2D eigenvalue weighted by Gasteiger charge is -2.29. The van der Waals surface area contributed by atoms with Crippen LogP contribution in [0.1, 0.15) is 53.9 Å². The minimum Gasteiger partial charge on any atom is -0.466 e. The van der Waals surface area contributed by atoms with Crippen LogP contribution in [0.3, 0.4) is 0 Å². The van der Waals surface area contributed by atoms with Crippen LogP contribution < -0.4 is 0 Å². The Labute approximate surface area is 183 Å². The Morgan fingerprint density at radius 1 is 0.871 bits per heavy atom. The molecule has 0 aromatic heterocycles. The third-order valence-electron chi connectivity index (χ3n) is 3.82. The fourth-order valence-electron chi connectivity index (χ4n) is 2.58. The highest BCUT2D eigenvalue weighted by molar-refractivity contribution is 6.71. The van der Waals surface area contributed by atoms with E-state index in [1.807, 2.05) is 20.0 Å². The lowest BCUT2D eigenvalue weighted by molar-refractivity contribution is -0.155. The maximum Gasteiger partial charge on any atom is 0.308 e. The summed E-state index contributed by atoms with van der Waals surface area (Å²) in [7, 11) is -2.39. The van der Waals surface area contributed by atoms with Crippen LogP contribution in [0.4, 0.5) is 0 Å². The predicted octanol–water partition coefficient (Wildman–Crippen LogP) is 2.55. The molecule has 0 aromatic rings. The predicted molar refractivity (Wildman–Crippen MR) is 112 cm³/mol. The van der Waals surface area contributed by atoms with E-state index in [9.17, 15) is 24.3 Å². The maximum atomic E-state index is 11.7. The molecule has 0 amide bonds. The number of hydrogen-bond donors (Lipinski definition) is 1. The monoisotopic (exact) mass is 462 g/mol. The fraction of sp³-hybridized carbons (Fsp3) is 0.700. The highest BCUT2D eigenvalue weighted by Crippen LogP contribution is 2.26. The minimum atomic E-state index is -2.39. The molecule has 10 nitrogen and oxygen atoms in total. The summed E-state index contributed by atoms with van der Waals surface area (Å²) in [6.45, 7) is 10.1. The summed E-state index contributed by atoms with van der Waals surface area (Å²) in [4.78, 5) is 46.1. The number of esters is 4. The van der Waals surface area contributed by atoms with Crippen molar-refractivity contribution in [2.75, 3.05) is 6.61 Å². The molecule has 0 heterocycles. The molecule has 0 fully saturated rings. The number of aliphatic hydroxyl groups is 1. The topological polar surface area (TPSA) is 135 Å². The lowest BCUT2D eigenvalue weighted by Crippen LogP contribution is -2.38. The van der Waals surface area contributed by atoms with Gasteiger partial charge >= 0.3 is 23.9 Å². The van der Waals surface area contributed by atoms with Crippen molar-refractivity contribution < 1.29 is 47.7 Å². The molecule has 2 unspecified atom stereocenters. The van der Waals surface area contributed by atoms with Crippen LogP contribution in [0, 0.1) is 0 Å². The first-order valence-corrected chi connectivity index (χ1v) is 13.2. The van der Waals surface area contributed by atoms with Crippen LogP contribution >= 0.6 is 0 Å². The van der Waals surface area contributed by atoms with E-state index in [1.165, 1.54) is 6.92 Å². The number of aliphatic hydroxyl groups excluding tert-OH is 1. The lowest BCUT2D eigenvalue weighted by atomic mass is 10.2. The van der Waals surface area contributed by atoms with Crippen LogP contribution in [-0.4, -0.2) is 56.3 Å². The zero-order chi connectivity index (χ0) is 24.2. The molecule has 0 rings (SSSR count). The normalized spacial score (nSPS) is 14.1. The van der Waals surface area contributed by atoms with Gasteiger partial charge in [0, 0.05) is 34.1 Å². The van der Waals surface area contributed by atoms with Gasteiger partial charge in [-0.1, -0.05) is 19.8 Å². The van der Waals surface area contributed by atoms with Gasteiger partial charge in [-0.05, 0) is 19.1 Å². The number of unbranched alkanes of at least 4 members (excludes halogenated alkanes) is 1. The Hall–Kier alpha value is -2.24. The standard InChI is InChI=1S/C20H34O10Si/c1-8-9-12-31(6,7)30-20(25)19(29-16(5)24)18(28-15(4)23)17(27-14(3)22)10-11-26-13(2)21/h17,20,25H,8-12H2,1-7H3.